The van der Waals surface area contributed by atoms with Gasteiger partial charge in [0.15, 0.2) is 0 Å². The van der Waals surface area contributed by atoms with Crippen molar-refractivity contribution in [3.8, 4) is 0 Å². The molecular formula is C14H28N4O4S2. The summed E-state index contributed by atoms with van der Waals surface area (Å²) in [5, 5.41) is 11.6. The second-order valence-electron chi connectivity index (χ2n) is 5.34. The standard InChI is InChI=1S/2C7H14N2O2S/c2*1-7(2,12-4)5-9-11-6(10)8-3/h2*5H,1-4H3,(H,8,10)/b9-5+;9-5-. The molecular weight excluding hydrogens is 352 g/mol. The third-order valence-corrected chi connectivity index (χ3v) is 4.77. The van der Waals surface area contributed by atoms with Gasteiger partial charge in [0.2, 0.25) is 0 Å². The van der Waals surface area contributed by atoms with Crippen molar-refractivity contribution >= 4 is 48.1 Å². The quantitative estimate of drug-likeness (QED) is 0.417. The molecule has 2 amide bonds. The van der Waals surface area contributed by atoms with Crippen molar-refractivity contribution in [3.63, 3.8) is 0 Å². The molecule has 0 heterocycles. The third kappa shape index (κ3) is 15.5. The molecule has 0 aromatic carbocycles. The molecule has 140 valence electrons. The van der Waals surface area contributed by atoms with Crippen LogP contribution < -0.4 is 10.6 Å². The van der Waals surface area contributed by atoms with Gasteiger partial charge in [-0.05, 0) is 40.2 Å². The highest BCUT2D eigenvalue weighted by atomic mass is 32.2. The Hall–Kier alpha value is -1.42. The Labute approximate surface area is 152 Å². The summed E-state index contributed by atoms with van der Waals surface area (Å²) < 4.78 is -0.206. The van der Waals surface area contributed by atoms with E-state index in [0.29, 0.717) is 0 Å². The van der Waals surface area contributed by atoms with E-state index in [0.717, 1.165) is 0 Å². The molecule has 24 heavy (non-hydrogen) atoms. The average molecular weight is 381 g/mol. The van der Waals surface area contributed by atoms with Crippen molar-refractivity contribution in [2.75, 3.05) is 26.6 Å². The number of carbonyl (C=O) groups excluding carboxylic acids is 2. The number of hydrogen-bond donors (Lipinski definition) is 2. The Kier molecular flexibility index (Phi) is 13.4. The lowest BCUT2D eigenvalue weighted by Gasteiger charge is -2.13. The summed E-state index contributed by atoms with van der Waals surface area (Å²) in [6.07, 6.45) is 6.00. The van der Waals surface area contributed by atoms with Crippen LogP contribution in [0.25, 0.3) is 0 Å². The minimum absolute atomic E-state index is 0.103. The lowest BCUT2D eigenvalue weighted by Crippen LogP contribution is -2.19. The zero-order valence-electron chi connectivity index (χ0n) is 15.5. The van der Waals surface area contributed by atoms with Crippen LogP contribution in [0.2, 0.25) is 0 Å². The summed E-state index contributed by atoms with van der Waals surface area (Å²) in [6, 6.07) is 0. The van der Waals surface area contributed by atoms with Gasteiger partial charge in [-0.3, -0.25) is 9.68 Å². The average Bonchev–Trinajstić information content (AvgIpc) is 2.54. The third-order valence-electron chi connectivity index (χ3n) is 2.46. The molecule has 0 bridgehead atoms. The summed E-state index contributed by atoms with van der Waals surface area (Å²) in [5.41, 5.74) is 0. The van der Waals surface area contributed by atoms with Gasteiger partial charge in [-0.15, -0.1) is 0 Å². The monoisotopic (exact) mass is 380 g/mol. The second kappa shape index (κ2) is 12.9. The molecule has 0 aromatic heterocycles. The van der Waals surface area contributed by atoms with Crippen LogP contribution in [-0.4, -0.2) is 60.7 Å². The molecule has 0 saturated heterocycles. The van der Waals surface area contributed by atoms with Gasteiger partial charge in [0.25, 0.3) is 0 Å². The van der Waals surface area contributed by atoms with Gasteiger partial charge < -0.3 is 10.6 Å². The fourth-order valence-corrected chi connectivity index (χ4v) is 0.896. The maximum absolute atomic E-state index is 10.5. The van der Waals surface area contributed by atoms with Crippen LogP contribution >= 0.6 is 23.5 Å². The van der Waals surface area contributed by atoms with Crippen molar-refractivity contribution in [1.82, 2.24) is 10.6 Å². The molecule has 0 atom stereocenters. The Morgan fingerprint density at radius 2 is 1.12 bits per heavy atom. The number of rotatable bonds is 6. The normalized spacial score (nSPS) is 11.7. The van der Waals surface area contributed by atoms with Gasteiger partial charge in [0, 0.05) is 23.6 Å². The van der Waals surface area contributed by atoms with Gasteiger partial charge in [-0.1, -0.05) is 10.3 Å². The highest BCUT2D eigenvalue weighted by molar-refractivity contribution is 8.00. The number of carbonyl (C=O) groups is 2. The fraction of sp³-hybridized carbons (Fsp3) is 0.714. The van der Waals surface area contributed by atoms with E-state index in [9.17, 15) is 9.59 Å². The molecule has 0 aliphatic rings. The van der Waals surface area contributed by atoms with Gasteiger partial charge in [-0.25, -0.2) is 9.59 Å². The zero-order valence-corrected chi connectivity index (χ0v) is 17.1. The van der Waals surface area contributed by atoms with Crippen molar-refractivity contribution in [2.24, 2.45) is 10.3 Å². The van der Waals surface area contributed by atoms with Crippen molar-refractivity contribution in [2.45, 2.75) is 37.2 Å². The van der Waals surface area contributed by atoms with Crippen LogP contribution in [0.5, 0.6) is 0 Å². The molecule has 2 N–H and O–H groups in total. The first-order valence-corrected chi connectivity index (χ1v) is 9.45. The molecule has 0 saturated carbocycles. The van der Waals surface area contributed by atoms with Crippen LogP contribution in [-0.2, 0) is 9.68 Å². The molecule has 0 spiro atoms. The predicted molar refractivity (Wildman–Crippen MR) is 103 cm³/mol. The maximum Gasteiger partial charge on any atom is 0.433 e. The van der Waals surface area contributed by atoms with Crippen molar-refractivity contribution in [1.29, 1.82) is 0 Å². The number of nitrogens with one attached hydrogen (secondary N) is 2. The van der Waals surface area contributed by atoms with E-state index in [4.69, 9.17) is 0 Å². The number of oxime groups is 2. The van der Waals surface area contributed by atoms with Crippen LogP contribution in [0.4, 0.5) is 9.59 Å². The zero-order chi connectivity index (χ0) is 19.2. The van der Waals surface area contributed by atoms with Gasteiger partial charge >= 0.3 is 12.2 Å². The molecule has 10 heteroatoms. The summed E-state index contributed by atoms with van der Waals surface area (Å²) in [4.78, 5) is 29.9. The Morgan fingerprint density at radius 3 is 1.33 bits per heavy atom. The predicted octanol–water partition coefficient (Wildman–Crippen LogP) is 2.94. The number of nitrogens with zero attached hydrogens (tertiary/aromatic N) is 2. The number of thioether (sulfide) groups is 2. The van der Waals surface area contributed by atoms with Gasteiger partial charge in [0.1, 0.15) is 0 Å². The molecule has 0 rings (SSSR count). The smallest absolute Gasteiger partial charge is 0.323 e. The van der Waals surface area contributed by atoms with E-state index in [1.807, 2.05) is 40.2 Å². The molecule has 0 unspecified atom stereocenters. The van der Waals surface area contributed by atoms with Crippen LogP contribution in [0.15, 0.2) is 10.3 Å². The maximum atomic E-state index is 10.5. The first-order chi connectivity index (χ1) is 11.0. The largest absolute Gasteiger partial charge is 0.433 e. The summed E-state index contributed by atoms with van der Waals surface area (Å²) in [6.45, 7) is 7.92. The van der Waals surface area contributed by atoms with E-state index in [1.54, 1.807) is 36.0 Å². The van der Waals surface area contributed by atoms with E-state index < -0.39 is 12.2 Å². The first-order valence-electron chi connectivity index (χ1n) is 7.00. The lowest BCUT2D eigenvalue weighted by atomic mass is 10.2. The fourth-order valence-electron chi connectivity index (χ4n) is 0.599. The molecule has 0 aliphatic heterocycles. The van der Waals surface area contributed by atoms with E-state index in [1.165, 1.54) is 14.1 Å². The van der Waals surface area contributed by atoms with Crippen molar-refractivity contribution < 1.29 is 19.3 Å². The highest BCUT2D eigenvalue weighted by Crippen LogP contribution is 2.18. The summed E-state index contributed by atoms with van der Waals surface area (Å²) in [5.74, 6) is 0. The second-order valence-corrected chi connectivity index (χ2v) is 8.26. The highest BCUT2D eigenvalue weighted by Gasteiger charge is 2.13. The van der Waals surface area contributed by atoms with Gasteiger partial charge in [-0.2, -0.15) is 23.5 Å². The van der Waals surface area contributed by atoms with Crippen molar-refractivity contribution in [3.05, 3.63) is 0 Å². The molecule has 0 aliphatic carbocycles. The Morgan fingerprint density at radius 1 is 0.833 bits per heavy atom. The van der Waals surface area contributed by atoms with E-state index in [2.05, 4.69) is 30.6 Å². The molecule has 0 fully saturated rings. The summed E-state index contributed by atoms with van der Waals surface area (Å²) >= 11 is 3.25. The number of amides is 2. The topological polar surface area (TPSA) is 101 Å². The van der Waals surface area contributed by atoms with Crippen LogP contribution in [0, 0.1) is 0 Å². The van der Waals surface area contributed by atoms with Gasteiger partial charge in [0.05, 0.1) is 12.4 Å². The minimum Gasteiger partial charge on any atom is -0.323 e. The SMILES string of the molecule is CNC(=O)O/N=C/C(C)(C)SC.CNC(=O)O/N=C\C(C)(C)SC. The van der Waals surface area contributed by atoms with Crippen LogP contribution in [0.3, 0.4) is 0 Å². The lowest BCUT2D eigenvalue weighted by molar-refractivity contribution is 0.152. The van der Waals surface area contributed by atoms with Crippen LogP contribution in [0.1, 0.15) is 27.7 Å². The van der Waals surface area contributed by atoms with E-state index in [-0.39, 0.29) is 9.49 Å². The Bertz CT molecular complexity index is 400. The minimum atomic E-state index is -0.553. The molecule has 0 radical (unpaired) electrons. The summed E-state index contributed by atoms with van der Waals surface area (Å²) in [7, 11) is 2.97. The molecule has 8 nitrogen and oxygen atoms in total. The molecule has 0 aromatic rings. The number of hydrogen-bond acceptors (Lipinski definition) is 8. The Balaban J connectivity index is 0. The first kappa shape index (κ1) is 24.8. The van der Waals surface area contributed by atoms with E-state index >= 15 is 0 Å².